The van der Waals surface area contributed by atoms with E-state index in [0.29, 0.717) is 33.0 Å². The molecule has 0 saturated heterocycles. The highest BCUT2D eigenvalue weighted by molar-refractivity contribution is 9.10. The Bertz CT molecular complexity index is 1030. The van der Waals surface area contributed by atoms with Crippen LogP contribution in [0.4, 0.5) is 10.2 Å². The molecule has 3 aromatic rings. The quantitative estimate of drug-likeness (QED) is 0.603. The number of rotatable bonds is 3. The molecular formula is C19H13BrFN3O2. The van der Waals surface area contributed by atoms with Crippen LogP contribution in [0.5, 0.6) is 5.75 Å². The lowest BCUT2D eigenvalue weighted by Crippen LogP contribution is -2.24. The van der Waals surface area contributed by atoms with E-state index in [1.54, 1.807) is 35.2 Å². The summed E-state index contributed by atoms with van der Waals surface area (Å²) in [5.41, 5.74) is 1.80. The molecule has 5 nitrogen and oxygen atoms in total. The van der Waals surface area contributed by atoms with Crippen molar-refractivity contribution in [1.29, 1.82) is 0 Å². The summed E-state index contributed by atoms with van der Waals surface area (Å²) in [6, 6.07) is 11.6. The number of hydrogen-bond acceptors (Lipinski definition) is 4. The number of benzene rings is 1. The molecule has 130 valence electrons. The molecular weight excluding hydrogens is 401 g/mol. The Kier molecular flexibility index (Phi) is 4.16. The molecule has 0 fully saturated rings. The van der Waals surface area contributed by atoms with Crippen molar-refractivity contribution >= 4 is 27.7 Å². The zero-order valence-corrected chi connectivity index (χ0v) is 15.3. The predicted molar refractivity (Wildman–Crippen MR) is 98.6 cm³/mol. The number of halogens is 2. The van der Waals surface area contributed by atoms with E-state index in [1.165, 1.54) is 19.4 Å². The molecule has 0 saturated carbocycles. The third-order valence-electron chi connectivity index (χ3n) is 4.26. The summed E-state index contributed by atoms with van der Waals surface area (Å²) < 4.78 is 20.5. The molecule has 1 aliphatic rings. The zero-order chi connectivity index (χ0) is 18.3. The van der Waals surface area contributed by atoms with Gasteiger partial charge in [-0.25, -0.2) is 9.37 Å². The molecule has 0 atom stereocenters. The maximum Gasteiger partial charge on any atom is 0.260 e. The minimum absolute atomic E-state index is 0.190. The highest BCUT2D eigenvalue weighted by atomic mass is 79.9. The number of carbonyl (C=O) groups excluding carboxylic acids is 1. The maximum atomic E-state index is 14.5. The van der Waals surface area contributed by atoms with Crippen LogP contribution in [0.2, 0.25) is 0 Å². The van der Waals surface area contributed by atoms with E-state index in [0.717, 1.165) is 0 Å². The van der Waals surface area contributed by atoms with Crippen LogP contribution in [0.25, 0.3) is 11.3 Å². The van der Waals surface area contributed by atoms with Crippen LogP contribution in [0, 0.1) is 5.82 Å². The molecule has 0 spiro atoms. The van der Waals surface area contributed by atoms with E-state index in [9.17, 15) is 9.18 Å². The Morgan fingerprint density at radius 1 is 1.19 bits per heavy atom. The first-order valence-electron chi connectivity index (χ1n) is 7.85. The van der Waals surface area contributed by atoms with E-state index >= 15 is 0 Å². The minimum Gasteiger partial charge on any atom is -0.496 e. The van der Waals surface area contributed by atoms with E-state index < -0.39 is 5.82 Å². The van der Waals surface area contributed by atoms with Crippen LogP contribution >= 0.6 is 15.9 Å². The first-order valence-corrected chi connectivity index (χ1v) is 8.64. The maximum absolute atomic E-state index is 14.5. The van der Waals surface area contributed by atoms with Gasteiger partial charge in [0.05, 0.1) is 24.9 Å². The number of pyridine rings is 2. The summed E-state index contributed by atoms with van der Waals surface area (Å²) in [6.45, 7) is 0.262. The summed E-state index contributed by atoms with van der Waals surface area (Å²) in [6.07, 6.45) is 1.51. The number of anilines is 1. The van der Waals surface area contributed by atoms with Crippen LogP contribution in [0.1, 0.15) is 15.9 Å². The summed E-state index contributed by atoms with van der Waals surface area (Å²) in [5, 5.41) is 0. The molecule has 0 unspecified atom stereocenters. The lowest BCUT2D eigenvalue weighted by Gasteiger charge is -2.15. The summed E-state index contributed by atoms with van der Waals surface area (Å²) >= 11 is 3.32. The molecule has 0 aliphatic carbocycles. The molecule has 1 aliphatic heterocycles. The average molecular weight is 414 g/mol. The molecule has 4 rings (SSSR count). The van der Waals surface area contributed by atoms with Crippen molar-refractivity contribution in [2.75, 3.05) is 12.0 Å². The Morgan fingerprint density at radius 2 is 2.00 bits per heavy atom. The third-order valence-corrected chi connectivity index (χ3v) is 4.70. The number of nitrogens with zero attached hydrogens (tertiary/aromatic N) is 3. The van der Waals surface area contributed by atoms with E-state index in [-0.39, 0.29) is 18.0 Å². The van der Waals surface area contributed by atoms with Gasteiger partial charge in [0.25, 0.3) is 5.91 Å². The summed E-state index contributed by atoms with van der Waals surface area (Å²) in [5.74, 6) is 0.255. The van der Waals surface area contributed by atoms with Gasteiger partial charge in [-0.2, -0.15) is 0 Å². The lowest BCUT2D eigenvalue weighted by atomic mass is 10.0. The number of hydrogen-bond donors (Lipinski definition) is 0. The van der Waals surface area contributed by atoms with Crippen LogP contribution in [0.15, 0.2) is 53.3 Å². The molecule has 1 aromatic carbocycles. The van der Waals surface area contributed by atoms with E-state index in [1.807, 2.05) is 6.07 Å². The average Bonchev–Trinajstić information content (AvgIpc) is 2.99. The predicted octanol–water partition coefficient (Wildman–Crippen LogP) is 4.21. The van der Waals surface area contributed by atoms with Gasteiger partial charge in [-0.15, -0.1) is 0 Å². The Morgan fingerprint density at radius 3 is 2.77 bits per heavy atom. The van der Waals surface area contributed by atoms with Crippen molar-refractivity contribution in [1.82, 2.24) is 9.97 Å². The number of carbonyl (C=O) groups is 1. The van der Waals surface area contributed by atoms with Gasteiger partial charge in [0.1, 0.15) is 22.0 Å². The number of aromatic nitrogens is 2. The molecule has 26 heavy (non-hydrogen) atoms. The fourth-order valence-corrected chi connectivity index (χ4v) is 3.42. The molecule has 1 amide bonds. The zero-order valence-electron chi connectivity index (χ0n) is 13.7. The van der Waals surface area contributed by atoms with Gasteiger partial charge in [-0.3, -0.25) is 14.7 Å². The first-order chi connectivity index (χ1) is 12.6. The fraction of sp³-hybridized carbons (Fsp3) is 0.105. The third kappa shape index (κ3) is 2.64. The number of fused-ring (bicyclic) bond motifs is 1. The SMILES string of the molecule is COc1cccc(F)c1-c1nccc2c1CN(c1cccc(Br)n1)C2=O. The van der Waals surface area contributed by atoms with Gasteiger partial charge < -0.3 is 4.74 Å². The number of amides is 1. The van der Waals surface area contributed by atoms with Crippen molar-refractivity contribution in [3.63, 3.8) is 0 Å². The van der Waals surface area contributed by atoms with Crippen LogP contribution in [-0.2, 0) is 6.54 Å². The van der Waals surface area contributed by atoms with Gasteiger partial charge in [0, 0.05) is 17.3 Å². The highest BCUT2D eigenvalue weighted by Gasteiger charge is 2.33. The normalized spacial score (nSPS) is 13.0. The van der Waals surface area contributed by atoms with Gasteiger partial charge in [-0.05, 0) is 46.3 Å². The Balaban J connectivity index is 1.85. The lowest BCUT2D eigenvalue weighted by molar-refractivity contribution is 0.0996. The number of methoxy groups -OCH3 is 1. The van der Waals surface area contributed by atoms with Crippen molar-refractivity contribution in [3.05, 3.63) is 70.2 Å². The Hall–Kier alpha value is -2.80. The van der Waals surface area contributed by atoms with Crippen molar-refractivity contribution in [3.8, 4) is 17.0 Å². The molecule has 7 heteroatoms. The van der Waals surface area contributed by atoms with Crippen LogP contribution in [0.3, 0.4) is 0 Å². The van der Waals surface area contributed by atoms with Crippen LogP contribution < -0.4 is 9.64 Å². The highest BCUT2D eigenvalue weighted by Crippen LogP contribution is 2.38. The summed E-state index contributed by atoms with van der Waals surface area (Å²) in [7, 11) is 1.48. The summed E-state index contributed by atoms with van der Waals surface area (Å²) in [4.78, 5) is 23.1. The van der Waals surface area contributed by atoms with Crippen molar-refractivity contribution in [2.45, 2.75) is 6.54 Å². The van der Waals surface area contributed by atoms with Crippen molar-refractivity contribution in [2.24, 2.45) is 0 Å². The second-order valence-electron chi connectivity index (χ2n) is 5.71. The van der Waals surface area contributed by atoms with Gasteiger partial charge in [0.15, 0.2) is 0 Å². The minimum atomic E-state index is -0.447. The second-order valence-corrected chi connectivity index (χ2v) is 6.53. The monoisotopic (exact) mass is 413 g/mol. The molecule has 0 radical (unpaired) electrons. The topological polar surface area (TPSA) is 55.3 Å². The Labute approximate surface area is 157 Å². The van der Waals surface area contributed by atoms with Gasteiger partial charge in [-0.1, -0.05) is 12.1 Å². The standard InChI is InChI=1S/C19H13BrFN3O2/c1-26-14-5-2-4-13(21)17(14)18-12-10-24(16-7-3-6-15(20)23-16)19(25)11(12)8-9-22-18/h2-9H,10H2,1H3. The second kappa shape index (κ2) is 6.49. The number of ether oxygens (including phenoxy) is 1. The molecule has 0 bridgehead atoms. The molecule has 2 aromatic heterocycles. The van der Waals surface area contributed by atoms with Gasteiger partial charge in [0.2, 0.25) is 0 Å². The molecule has 3 heterocycles. The largest absolute Gasteiger partial charge is 0.496 e. The first kappa shape index (κ1) is 16.7. The van der Waals surface area contributed by atoms with E-state index in [4.69, 9.17) is 4.74 Å². The smallest absolute Gasteiger partial charge is 0.260 e. The molecule has 0 N–H and O–H groups in total. The van der Waals surface area contributed by atoms with Gasteiger partial charge >= 0.3 is 0 Å². The van der Waals surface area contributed by atoms with E-state index in [2.05, 4.69) is 25.9 Å². The van der Waals surface area contributed by atoms with Crippen LogP contribution in [-0.4, -0.2) is 23.0 Å². The van der Waals surface area contributed by atoms with Crippen molar-refractivity contribution < 1.29 is 13.9 Å². The fourth-order valence-electron chi connectivity index (χ4n) is 3.08.